The number of benzene rings is 1. The number of hydrogen-bond acceptors (Lipinski definition) is 5. The number of carbonyl (C=O) groups excluding carboxylic acids is 1. The molecule has 0 bridgehead atoms. The highest BCUT2D eigenvalue weighted by Gasteiger charge is 2.29. The van der Waals surface area contributed by atoms with Gasteiger partial charge in [0.25, 0.3) is 0 Å². The quantitative estimate of drug-likeness (QED) is 0.725. The van der Waals surface area contributed by atoms with Crippen molar-refractivity contribution in [3.63, 3.8) is 0 Å². The van der Waals surface area contributed by atoms with Crippen LogP contribution in [0, 0.1) is 5.92 Å². The number of halogens is 1. The summed E-state index contributed by atoms with van der Waals surface area (Å²) in [7, 11) is 3.04. The summed E-state index contributed by atoms with van der Waals surface area (Å²) in [4.78, 5) is 12.4. The fourth-order valence-electron chi connectivity index (χ4n) is 3.20. The van der Waals surface area contributed by atoms with E-state index in [1.54, 1.807) is 18.0 Å². The Bertz CT molecular complexity index is 725. The number of hydrogen-bond donors (Lipinski definition) is 0. The number of rotatable bonds is 5. The van der Waals surface area contributed by atoms with Crippen LogP contribution in [0.3, 0.4) is 0 Å². The van der Waals surface area contributed by atoms with Gasteiger partial charge in [-0.15, -0.1) is 0 Å². The van der Waals surface area contributed by atoms with Crippen molar-refractivity contribution in [3.05, 3.63) is 22.8 Å². The molecule has 0 amide bonds. The molecule has 0 spiro atoms. The molecule has 1 aromatic heterocycles. The van der Waals surface area contributed by atoms with E-state index in [0.29, 0.717) is 12.3 Å². The molecule has 1 aromatic carbocycles. The molecule has 0 radical (unpaired) electrons. The Hall–Kier alpha value is -1.60. The van der Waals surface area contributed by atoms with E-state index in [1.807, 2.05) is 12.1 Å². The van der Waals surface area contributed by atoms with Crippen LogP contribution in [0.25, 0.3) is 10.9 Å². The SMILES string of the molecule is COC(=O)C(CC1CCOCC1)n1ncc2c(Br)c(OC)ccc21. The molecule has 2 aromatic rings. The smallest absolute Gasteiger partial charge is 0.330 e. The van der Waals surface area contributed by atoms with Crippen LogP contribution in [0.15, 0.2) is 22.8 Å². The Morgan fingerprint density at radius 1 is 1.42 bits per heavy atom. The number of aromatic nitrogens is 2. The van der Waals surface area contributed by atoms with Crippen molar-refractivity contribution in [2.75, 3.05) is 27.4 Å². The Kier molecular flexibility index (Phi) is 5.40. The number of carbonyl (C=O) groups is 1. The van der Waals surface area contributed by atoms with Crippen molar-refractivity contribution in [2.24, 2.45) is 5.92 Å². The summed E-state index contributed by atoms with van der Waals surface area (Å²) in [6.07, 6.45) is 4.38. The zero-order valence-electron chi connectivity index (χ0n) is 13.8. The average Bonchev–Trinajstić information content (AvgIpc) is 3.05. The molecule has 7 heteroatoms. The second-order valence-electron chi connectivity index (χ2n) is 5.93. The van der Waals surface area contributed by atoms with Gasteiger partial charge in [0.1, 0.15) is 11.8 Å². The number of esters is 1. The minimum Gasteiger partial charge on any atom is -0.496 e. The normalized spacial score (nSPS) is 17.0. The van der Waals surface area contributed by atoms with Crippen molar-refractivity contribution in [3.8, 4) is 5.75 Å². The lowest BCUT2D eigenvalue weighted by Gasteiger charge is -2.26. The second kappa shape index (κ2) is 7.53. The number of methoxy groups -OCH3 is 2. The minimum absolute atomic E-state index is 0.265. The highest BCUT2D eigenvalue weighted by molar-refractivity contribution is 9.10. The van der Waals surface area contributed by atoms with Crippen LogP contribution in [0.4, 0.5) is 0 Å². The lowest BCUT2D eigenvalue weighted by Crippen LogP contribution is -2.27. The molecule has 24 heavy (non-hydrogen) atoms. The van der Waals surface area contributed by atoms with E-state index >= 15 is 0 Å². The molecule has 1 unspecified atom stereocenters. The van der Waals surface area contributed by atoms with E-state index in [-0.39, 0.29) is 5.97 Å². The molecular formula is C17H21BrN2O4. The monoisotopic (exact) mass is 396 g/mol. The standard InChI is InChI=1S/C17H21BrN2O4/c1-22-15-4-3-13-12(16(15)18)10-19-20(13)14(17(21)23-2)9-11-5-7-24-8-6-11/h3-4,10-11,14H,5-9H2,1-2H3. The molecule has 1 saturated heterocycles. The van der Waals surface area contributed by atoms with Crippen LogP contribution >= 0.6 is 15.9 Å². The van der Waals surface area contributed by atoms with E-state index < -0.39 is 6.04 Å². The molecule has 0 aliphatic carbocycles. The molecule has 1 aliphatic heterocycles. The zero-order chi connectivity index (χ0) is 17.1. The maximum atomic E-state index is 12.4. The van der Waals surface area contributed by atoms with Gasteiger partial charge in [0.2, 0.25) is 0 Å². The third-order valence-electron chi connectivity index (χ3n) is 4.57. The summed E-state index contributed by atoms with van der Waals surface area (Å²) >= 11 is 3.55. The molecule has 130 valence electrons. The van der Waals surface area contributed by atoms with Crippen molar-refractivity contribution in [2.45, 2.75) is 25.3 Å². The van der Waals surface area contributed by atoms with Gasteiger partial charge in [-0.05, 0) is 53.2 Å². The molecule has 0 saturated carbocycles. The van der Waals surface area contributed by atoms with Crippen molar-refractivity contribution in [1.82, 2.24) is 9.78 Å². The first kappa shape index (κ1) is 17.2. The largest absolute Gasteiger partial charge is 0.496 e. The van der Waals surface area contributed by atoms with Crippen LogP contribution in [-0.4, -0.2) is 43.2 Å². The fraction of sp³-hybridized carbons (Fsp3) is 0.529. The van der Waals surface area contributed by atoms with Gasteiger partial charge in [-0.3, -0.25) is 4.68 Å². The van der Waals surface area contributed by atoms with Gasteiger partial charge in [0.15, 0.2) is 0 Å². The van der Waals surface area contributed by atoms with E-state index in [9.17, 15) is 4.79 Å². The molecule has 1 aliphatic rings. The summed E-state index contributed by atoms with van der Waals surface area (Å²) in [5.74, 6) is 0.906. The first-order valence-corrected chi connectivity index (χ1v) is 8.80. The predicted molar refractivity (Wildman–Crippen MR) is 93.2 cm³/mol. The Morgan fingerprint density at radius 2 is 2.17 bits per heavy atom. The molecule has 3 rings (SSSR count). The molecule has 0 N–H and O–H groups in total. The topological polar surface area (TPSA) is 62.6 Å². The van der Waals surface area contributed by atoms with E-state index in [4.69, 9.17) is 14.2 Å². The highest BCUT2D eigenvalue weighted by Crippen LogP contribution is 2.35. The van der Waals surface area contributed by atoms with E-state index in [1.165, 1.54) is 7.11 Å². The van der Waals surface area contributed by atoms with Crippen molar-refractivity contribution in [1.29, 1.82) is 0 Å². The maximum absolute atomic E-state index is 12.4. The first-order valence-electron chi connectivity index (χ1n) is 8.01. The van der Waals surface area contributed by atoms with Gasteiger partial charge in [0.05, 0.1) is 30.4 Å². The van der Waals surface area contributed by atoms with Gasteiger partial charge < -0.3 is 14.2 Å². The van der Waals surface area contributed by atoms with E-state index in [2.05, 4.69) is 21.0 Å². The molecule has 1 atom stereocenters. The second-order valence-corrected chi connectivity index (χ2v) is 6.73. The summed E-state index contributed by atoms with van der Waals surface area (Å²) < 4.78 is 18.4. The van der Waals surface area contributed by atoms with Gasteiger partial charge >= 0.3 is 5.97 Å². The third-order valence-corrected chi connectivity index (χ3v) is 5.38. The van der Waals surface area contributed by atoms with Crippen LogP contribution in [-0.2, 0) is 14.3 Å². The Morgan fingerprint density at radius 3 is 2.83 bits per heavy atom. The summed E-state index contributed by atoms with van der Waals surface area (Å²) in [5.41, 5.74) is 0.880. The lowest BCUT2D eigenvalue weighted by atomic mass is 9.92. The Balaban J connectivity index is 1.96. The summed E-state index contributed by atoms with van der Waals surface area (Å²) in [5, 5.41) is 5.38. The van der Waals surface area contributed by atoms with Crippen LogP contribution in [0.1, 0.15) is 25.3 Å². The minimum atomic E-state index is -0.434. The Labute approximate surface area is 149 Å². The van der Waals surface area contributed by atoms with Crippen LogP contribution in [0.5, 0.6) is 5.75 Å². The molecule has 1 fully saturated rings. The number of ether oxygens (including phenoxy) is 3. The molecule has 6 nitrogen and oxygen atoms in total. The summed E-state index contributed by atoms with van der Waals surface area (Å²) in [6, 6.07) is 3.36. The van der Waals surface area contributed by atoms with Gasteiger partial charge in [-0.25, -0.2) is 4.79 Å². The zero-order valence-corrected chi connectivity index (χ0v) is 15.4. The van der Waals surface area contributed by atoms with Crippen LogP contribution < -0.4 is 4.74 Å². The van der Waals surface area contributed by atoms with Crippen molar-refractivity contribution < 1.29 is 19.0 Å². The fourth-order valence-corrected chi connectivity index (χ4v) is 3.80. The third kappa shape index (κ3) is 3.28. The average molecular weight is 397 g/mol. The van der Waals surface area contributed by atoms with E-state index in [0.717, 1.165) is 47.2 Å². The lowest BCUT2D eigenvalue weighted by molar-refractivity contribution is -0.145. The van der Waals surface area contributed by atoms with Gasteiger partial charge in [0, 0.05) is 18.6 Å². The highest BCUT2D eigenvalue weighted by atomic mass is 79.9. The van der Waals surface area contributed by atoms with Gasteiger partial charge in [-0.1, -0.05) is 0 Å². The number of nitrogens with zero attached hydrogens (tertiary/aromatic N) is 2. The number of fused-ring (bicyclic) bond motifs is 1. The molecule has 2 heterocycles. The van der Waals surface area contributed by atoms with Crippen molar-refractivity contribution >= 4 is 32.8 Å². The first-order chi connectivity index (χ1) is 11.7. The molecular weight excluding hydrogens is 376 g/mol. The summed E-state index contributed by atoms with van der Waals surface area (Å²) in [6.45, 7) is 1.50. The van der Waals surface area contributed by atoms with Gasteiger partial charge in [-0.2, -0.15) is 5.10 Å². The van der Waals surface area contributed by atoms with Crippen LogP contribution in [0.2, 0.25) is 0 Å². The maximum Gasteiger partial charge on any atom is 0.330 e. The predicted octanol–water partition coefficient (Wildman–Crippen LogP) is 3.34.